The maximum Gasteiger partial charge on any atom is 0.316 e. The smallest absolute Gasteiger partial charge is 0.316 e. The normalized spacial score (nSPS) is 10.4. The van der Waals surface area contributed by atoms with E-state index in [1.54, 1.807) is 54.7 Å². The van der Waals surface area contributed by atoms with Crippen LogP contribution in [0, 0.1) is 0 Å². The van der Waals surface area contributed by atoms with Crippen LogP contribution in [-0.4, -0.2) is 25.3 Å². The summed E-state index contributed by atoms with van der Waals surface area (Å²) in [6.45, 7) is 0.378. The SMILES string of the molecule is CO/N=C/c1ccc(C(=O)NCc2ccc(NC(N)=O)cc2)cc1. The third kappa shape index (κ3) is 5.13. The van der Waals surface area contributed by atoms with Gasteiger partial charge in [-0.1, -0.05) is 29.4 Å². The molecule has 7 heteroatoms. The molecule has 7 nitrogen and oxygen atoms in total. The van der Waals surface area contributed by atoms with Gasteiger partial charge in [-0.15, -0.1) is 0 Å². The number of nitrogens with one attached hydrogen (secondary N) is 2. The van der Waals surface area contributed by atoms with Gasteiger partial charge in [0.1, 0.15) is 7.11 Å². The topological polar surface area (TPSA) is 106 Å². The highest BCUT2D eigenvalue weighted by molar-refractivity contribution is 5.95. The standard InChI is InChI=1S/C17H18N4O3/c1-24-20-11-13-2-6-14(7-3-13)16(22)19-10-12-4-8-15(9-5-12)21-17(18)23/h2-9,11H,10H2,1H3,(H,19,22)(H3,18,21,23)/b20-11+. The second kappa shape index (κ2) is 8.33. The number of oxime groups is 1. The zero-order valence-electron chi connectivity index (χ0n) is 13.2. The lowest BCUT2D eigenvalue weighted by molar-refractivity contribution is 0.0951. The van der Waals surface area contributed by atoms with E-state index in [0.29, 0.717) is 17.8 Å². The van der Waals surface area contributed by atoms with Crippen LogP contribution in [0.2, 0.25) is 0 Å². The second-order valence-corrected chi connectivity index (χ2v) is 4.91. The lowest BCUT2D eigenvalue weighted by atomic mass is 10.1. The van der Waals surface area contributed by atoms with Crippen LogP contribution in [-0.2, 0) is 11.4 Å². The Labute approximate surface area is 139 Å². The van der Waals surface area contributed by atoms with Crippen molar-refractivity contribution in [2.75, 3.05) is 12.4 Å². The van der Waals surface area contributed by atoms with Crippen molar-refractivity contribution in [1.29, 1.82) is 0 Å². The highest BCUT2D eigenvalue weighted by atomic mass is 16.6. The number of benzene rings is 2. The quantitative estimate of drug-likeness (QED) is 0.559. The third-order valence-electron chi connectivity index (χ3n) is 3.15. The largest absolute Gasteiger partial charge is 0.399 e. The molecular formula is C17H18N4O3. The van der Waals surface area contributed by atoms with Crippen molar-refractivity contribution in [3.05, 3.63) is 65.2 Å². The molecule has 4 N–H and O–H groups in total. The summed E-state index contributed by atoms with van der Waals surface area (Å²) >= 11 is 0. The number of anilines is 1. The number of carbonyl (C=O) groups is 2. The van der Waals surface area contributed by atoms with E-state index >= 15 is 0 Å². The van der Waals surface area contributed by atoms with Crippen LogP contribution in [0.1, 0.15) is 21.5 Å². The highest BCUT2D eigenvalue weighted by Crippen LogP contribution is 2.09. The average molecular weight is 326 g/mol. The van der Waals surface area contributed by atoms with Gasteiger partial charge in [-0.2, -0.15) is 0 Å². The lowest BCUT2D eigenvalue weighted by Crippen LogP contribution is -2.23. The predicted molar refractivity (Wildman–Crippen MR) is 91.9 cm³/mol. The third-order valence-corrected chi connectivity index (χ3v) is 3.15. The number of rotatable bonds is 6. The molecule has 0 aliphatic carbocycles. The van der Waals surface area contributed by atoms with E-state index in [2.05, 4.69) is 20.6 Å². The molecule has 0 unspecified atom stereocenters. The minimum Gasteiger partial charge on any atom is -0.399 e. The van der Waals surface area contributed by atoms with E-state index in [0.717, 1.165) is 11.1 Å². The number of carbonyl (C=O) groups excluding carboxylic acids is 2. The van der Waals surface area contributed by atoms with Crippen LogP contribution in [0.3, 0.4) is 0 Å². The van der Waals surface area contributed by atoms with Gasteiger partial charge in [-0.25, -0.2) is 4.79 Å². The molecule has 0 saturated heterocycles. The summed E-state index contributed by atoms with van der Waals surface area (Å²) in [6.07, 6.45) is 1.56. The Morgan fingerprint density at radius 3 is 2.38 bits per heavy atom. The molecule has 0 radical (unpaired) electrons. The molecular weight excluding hydrogens is 308 g/mol. The van der Waals surface area contributed by atoms with Gasteiger partial charge in [-0.05, 0) is 35.4 Å². The van der Waals surface area contributed by atoms with E-state index in [9.17, 15) is 9.59 Å². The summed E-state index contributed by atoms with van der Waals surface area (Å²) < 4.78 is 0. The molecule has 2 aromatic rings. The molecule has 0 aliphatic heterocycles. The maximum atomic E-state index is 12.1. The molecule has 0 fully saturated rings. The molecule has 3 amide bonds. The van der Waals surface area contributed by atoms with Gasteiger partial charge < -0.3 is 21.2 Å². The number of nitrogens with two attached hydrogens (primary N) is 1. The highest BCUT2D eigenvalue weighted by Gasteiger charge is 2.05. The van der Waals surface area contributed by atoms with Crippen LogP contribution in [0.5, 0.6) is 0 Å². The van der Waals surface area contributed by atoms with Crippen molar-refractivity contribution in [3.63, 3.8) is 0 Å². The summed E-state index contributed by atoms with van der Waals surface area (Å²) in [5, 5.41) is 8.96. The molecule has 2 rings (SSSR count). The predicted octanol–water partition coefficient (Wildman–Crippen LogP) is 2.09. The van der Waals surface area contributed by atoms with Crippen molar-refractivity contribution in [2.24, 2.45) is 10.9 Å². The van der Waals surface area contributed by atoms with Gasteiger partial charge >= 0.3 is 6.03 Å². The van der Waals surface area contributed by atoms with Crippen molar-refractivity contribution in [3.8, 4) is 0 Å². The fourth-order valence-electron chi connectivity index (χ4n) is 1.97. The van der Waals surface area contributed by atoms with Gasteiger partial charge in [0.25, 0.3) is 5.91 Å². The van der Waals surface area contributed by atoms with E-state index in [4.69, 9.17) is 5.73 Å². The van der Waals surface area contributed by atoms with Crippen LogP contribution < -0.4 is 16.4 Å². The van der Waals surface area contributed by atoms with Gasteiger partial charge in [-0.3, -0.25) is 4.79 Å². The number of hydrogen-bond acceptors (Lipinski definition) is 4. The molecule has 0 aromatic heterocycles. The second-order valence-electron chi connectivity index (χ2n) is 4.91. The van der Waals surface area contributed by atoms with E-state index in [1.165, 1.54) is 7.11 Å². The Bertz CT molecular complexity index is 725. The Kier molecular flexibility index (Phi) is 5.90. The zero-order valence-corrected chi connectivity index (χ0v) is 13.2. The molecule has 124 valence electrons. The van der Waals surface area contributed by atoms with Crippen LogP contribution in [0.25, 0.3) is 0 Å². The first-order valence-corrected chi connectivity index (χ1v) is 7.18. The van der Waals surface area contributed by atoms with Crippen molar-refractivity contribution < 1.29 is 14.4 Å². The Morgan fingerprint density at radius 1 is 1.12 bits per heavy atom. The molecule has 0 heterocycles. The lowest BCUT2D eigenvalue weighted by Gasteiger charge is -2.07. The molecule has 2 aromatic carbocycles. The Balaban J connectivity index is 1.90. The summed E-state index contributed by atoms with van der Waals surface area (Å²) in [5.41, 5.74) is 7.94. The van der Waals surface area contributed by atoms with Gasteiger partial charge in [0.2, 0.25) is 0 Å². The van der Waals surface area contributed by atoms with Gasteiger partial charge in [0.15, 0.2) is 0 Å². The number of hydrogen-bond donors (Lipinski definition) is 3. The zero-order chi connectivity index (χ0) is 17.4. The number of amides is 3. The first-order valence-electron chi connectivity index (χ1n) is 7.18. The molecule has 0 aliphatic rings. The summed E-state index contributed by atoms with van der Waals surface area (Å²) in [6, 6.07) is 13.4. The van der Waals surface area contributed by atoms with Crippen molar-refractivity contribution in [2.45, 2.75) is 6.54 Å². The van der Waals surface area contributed by atoms with E-state index in [1.807, 2.05) is 0 Å². The molecule has 0 bridgehead atoms. The summed E-state index contributed by atoms with van der Waals surface area (Å²) in [7, 11) is 1.47. The van der Waals surface area contributed by atoms with Crippen LogP contribution in [0.15, 0.2) is 53.7 Å². The fourth-order valence-corrected chi connectivity index (χ4v) is 1.97. The number of nitrogens with zero attached hydrogens (tertiary/aromatic N) is 1. The summed E-state index contributed by atoms with van der Waals surface area (Å²) in [4.78, 5) is 27.5. The molecule has 0 saturated carbocycles. The summed E-state index contributed by atoms with van der Waals surface area (Å²) in [5.74, 6) is -0.176. The maximum absolute atomic E-state index is 12.1. The number of primary amides is 1. The Hall–Kier alpha value is -3.35. The van der Waals surface area contributed by atoms with Gasteiger partial charge in [0, 0.05) is 17.8 Å². The minimum absolute atomic E-state index is 0.176. The average Bonchev–Trinajstić information content (AvgIpc) is 2.59. The molecule has 0 spiro atoms. The first kappa shape index (κ1) is 17.0. The fraction of sp³-hybridized carbons (Fsp3) is 0.118. The first-order chi connectivity index (χ1) is 11.6. The monoisotopic (exact) mass is 326 g/mol. The van der Waals surface area contributed by atoms with E-state index < -0.39 is 6.03 Å². The molecule has 0 atom stereocenters. The Morgan fingerprint density at radius 2 is 1.79 bits per heavy atom. The van der Waals surface area contributed by atoms with Crippen LogP contribution >= 0.6 is 0 Å². The molecule has 24 heavy (non-hydrogen) atoms. The van der Waals surface area contributed by atoms with Crippen LogP contribution in [0.4, 0.5) is 10.5 Å². The number of urea groups is 1. The minimum atomic E-state index is -0.616. The van der Waals surface area contributed by atoms with Crippen molar-refractivity contribution >= 4 is 23.8 Å². The van der Waals surface area contributed by atoms with Gasteiger partial charge in [0.05, 0.1) is 6.21 Å². The van der Waals surface area contributed by atoms with Crippen molar-refractivity contribution in [1.82, 2.24) is 5.32 Å². The van der Waals surface area contributed by atoms with E-state index in [-0.39, 0.29) is 5.91 Å².